The van der Waals surface area contributed by atoms with E-state index in [1.54, 1.807) is 12.1 Å². The van der Waals surface area contributed by atoms with Crippen molar-refractivity contribution in [1.82, 2.24) is 0 Å². The van der Waals surface area contributed by atoms with Gasteiger partial charge in [-0.3, -0.25) is 4.79 Å². The van der Waals surface area contributed by atoms with Crippen molar-refractivity contribution >= 4 is 18.6 Å². The molecule has 1 aliphatic rings. The van der Waals surface area contributed by atoms with Crippen LogP contribution in [0.25, 0.3) is 0 Å². The Kier molecular flexibility index (Phi) is 5.31. The summed E-state index contributed by atoms with van der Waals surface area (Å²) in [6.45, 7) is 8.45. The molecule has 0 aliphatic carbocycles. The molecule has 0 radical (unpaired) electrons. The maximum Gasteiger partial charge on any atom is 0.494 e. The molecule has 0 atom stereocenters. The van der Waals surface area contributed by atoms with E-state index in [9.17, 15) is 4.79 Å². The molecule has 6 heteroatoms. The Balaban J connectivity index is 1.72. The zero-order chi connectivity index (χ0) is 19.7. The predicted octanol–water partition coefficient (Wildman–Crippen LogP) is 3.19. The van der Waals surface area contributed by atoms with E-state index in [-0.39, 0.29) is 17.6 Å². The Hall–Kier alpha value is -2.31. The summed E-state index contributed by atoms with van der Waals surface area (Å²) in [4.78, 5) is 11.0. The fourth-order valence-corrected chi connectivity index (χ4v) is 2.92. The lowest BCUT2D eigenvalue weighted by Crippen LogP contribution is -2.41. The van der Waals surface area contributed by atoms with Crippen molar-refractivity contribution in [3.05, 3.63) is 59.7 Å². The first-order valence-corrected chi connectivity index (χ1v) is 9.05. The molecule has 142 valence electrons. The molecule has 0 saturated carbocycles. The first-order valence-electron chi connectivity index (χ1n) is 9.05. The number of hydrogen-bond donors (Lipinski definition) is 1. The molecule has 2 aromatic rings. The van der Waals surface area contributed by atoms with Crippen molar-refractivity contribution in [1.29, 1.82) is 0 Å². The van der Waals surface area contributed by atoms with Gasteiger partial charge in [-0.15, -0.1) is 0 Å². The van der Waals surface area contributed by atoms with Crippen LogP contribution in [0.5, 0.6) is 5.75 Å². The number of aliphatic carboxylic acids is 1. The minimum Gasteiger partial charge on any atom is -0.489 e. The van der Waals surface area contributed by atoms with E-state index in [4.69, 9.17) is 19.2 Å². The summed E-state index contributed by atoms with van der Waals surface area (Å²) in [5.74, 6) is -0.297. The summed E-state index contributed by atoms with van der Waals surface area (Å²) in [5, 5.41) is 9.04. The lowest BCUT2D eigenvalue weighted by Gasteiger charge is -2.32. The van der Waals surface area contributed by atoms with Crippen molar-refractivity contribution in [2.24, 2.45) is 0 Å². The van der Waals surface area contributed by atoms with Gasteiger partial charge < -0.3 is 19.2 Å². The summed E-state index contributed by atoms with van der Waals surface area (Å²) in [6.07, 6.45) is -0.0653. The van der Waals surface area contributed by atoms with Gasteiger partial charge in [0.15, 0.2) is 0 Å². The summed E-state index contributed by atoms with van der Waals surface area (Å²) in [5.41, 5.74) is 1.79. The van der Waals surface area contributed by atoms with Gasteiger partial charge in [0.25, 0.3) is 0 Å². The van der Waals surface area contributed by atoms with Crippen LogP contribution in [0.15, 0.2) is 48.5 Å². The first-order chi connectivity index (χ1) is 12.7. The van der Waals surface area contributed by atoms with Crippen LogP contribution in [-0.4, -0.2) is 29.4 Å². The number of rotatable bonds is 6. The van der Waals surface area contributed by atoms with Crippen molar-refractivity contribution in [2.75, 3.05) is 0 Å². The van der Waals surface area contributed by atoms with E-state index >= 15 is 0 Å². The second-order valence-corrected chi connectivity index (χ2v) is 7.80. The van der Waals surface area contributed by atoms with E-state index in [1.807, 2.05) is 64.1 Å². The fraction of sp³-hybridized carbons (Fsp3) is 0.381. The number of carboxylic acid groups (broad SMARTS) is 1. The standard InChI is InChI=1S/C21H25BO5/c1-20(2)21(3,4)27-22(26-20)17-10-7-8-15(12-17)14-25-18-11-6-5-9-16(18)13-19(23)24/h5-12H,13-14H2,1-4H3,(H,23,24). The highest BCUT2D eigenvalue weighted by Crippen LogP contribution is 2.36. The van der Waals surface area contributed by atoms with Gasteiger partial charge in [0.05, 0.1) is 17.6 Å². The Morgan fingerprint density at radius 2 is 1.70 bits per heavy atom. The second-order valence-electron chi connectivity index (χ2n) is 7.80. The normalized spacial score (nSPS) is 17.7. The third-order valence-electron chi connectivity index (χ3n) is 5.19. The molecule has 0 bridgehead atoms. The van der Waals surface area contributed by atoms with Crippen LogP contribution < -0.4 is 10.2 Å². The van der Waals surface area contributed by atoms with Gasteiger partial charge in [0.2, 0.25) is 0 Å². The van der Waals surface area contributed by atoms with Gasteiger partial charge in [-0.1, -0.05) is 42.5 Å². The highest BCUT2D eigenvalue weighted by molar-refractivity contribution is 6.62. The minimum absolute atomic E-state index is 0.0653. The van der Waals surface area contributed by atoms with E-state index in [2.05, 4.69) is 0 Å². The molecule has 1 N–H and O–H groups in total. The summed E-state index contributed by atoms with van der Waals surface area (Å²) < 4.78 is 18.1. The molecule has 0 aromatic heterocycles. The zero-order valence-corrected chi connectivity index (χ0v) is 16.2. The molecule has 1 heterocycles. The number of carbonyl (C=O) groups is 1. The zero-order valence-electron chi connectivity index (χ0n) is 16.2. The number of hydrogen-bond acceptors (Lipinski definition) is 4. The lowest BCUT2D eigenvalue weighted by molar-refractivity contribution is -0.136. The van der Waals surface area contributed by atoms with Crippen LogP contribution in [0.2, 0.25) is 0 Å². The van der Waals surface area contributed by atoms with Gasteiger partial charge in [-0.25, -0.2) is 0 Å². The Bertz CT molecular complexity index is 815. The van der Waals surface area contributed by atoms with Crippen molar-refractivity contribution in [3.63, 3.8) is 0 Å². The fourth-order valence-electron chi connectivity index (χ4n) is 2.92. The van der Waals surface area contributed by atoms with Crippen LogP contribution in [0, 0.1) is 0 Å². The number of benzene rings is 2. The van der Waals surface area contributed by atoms with E-state index in [0.717, 1.165) is 11.0 Å². The molecule has 0 spiro atoms. The van der Waals surface area contributed by atoms with E-state index in [0.29, 0.717) is 17.9 Å². The van der Waals surface area contributed by atoms with Crippen LogP contribution in [0.3, 0.4) is 0 Å². The lowest BCUT2D eigenvalue weighted by atomic mass is 9.78. The predicted molar refractivity (Wildman–Crippen MR) is 104 cm³/mol. The molecule has 0 unspecified atom stereocenters. The maximum atomic E-state index is 11.0. The highest BCUT2D eigenvalue weighted by Gasteiger charge is 2.51. The van der Waals surface area contributed by atoms with E-state index < -0.39 is 13.1 Å². The molecule has 5 nitrogen and oxygen atoms in total. The topological polar surface area (TPSA) is 65.0 Å². The van der Waals surface area contributed by atoms with Crippen molar-refractivity contribution in [3.8, 4) is 5.75 Å². The average molecular weight is 368 g/mol. The third kappa shape index (κ3) is 4.34. The molecule has 27 heavy (non-hydrogen) atoms. The number of para-hydroxylation sites is 1. The Morgan fingerprint density at radius 3 is 2.37 bits per heavy atom. The van der Waals surface area contributed by atoms with Gasteiger partial charge in [-0.2, -0.15) is 0 Å². The SMILES string of the molecule is CC1(C)OB(c2cccc(COc3ccccc3CC(=O)O)c2)OC1(C)C. The second kappa shape index (κ2) is 7.37. The molecule has 1 aliphatic heterocycles. The third-order valence-corrected chi connectivity index (χ3v) is 5.19. The Labute approximate surface area is 160 Å². The van der Waals surface area contributed by atoms with Gasteiger partial charge in [-0.05, 0) is 44.8 Å². The number of carboxylic acids is 1. The highest BCUT2D eigenvalue weighted by atomic mass is 16.7. The molecule has 0 amide bonds. The monoisotopic (exact) mass is 368 g/mol. The molecule has 1 saturated heterocycles. The molecular weight excluding hydrogens is 343 g/mol. The summed E-state index contributed by atoms with van der Waals surface area (Å²) >= 11 is 0. The van der Waals surface area contributed by atoms with Crippen LogP contribution in [-0.2, 0) is 27.1 Å². The van der Waals surface area contributed by atoms with Gasteiger partial charge in [0, 0.05) is 5.56 Å². The van der Waals surface area contributed by atoms with Crippen LogP contribution in [0.4, 0.5) is 0 Å². The number of ether oxygens (including phenoxy) is 1. The average Bonchev–Trinajstić information content (AvgIpc) is 2.82. The van der Waals surface area contributed by atoms with Crippen molar-refractivity contribution in [2.45, 2.75) is 51.9 Å². The van der Waals surface area contributed by atoms with Crippen LogP contribution in [0.1, 0.15) is 38.8 Å². The largest absolute Gasteiger partial charge is 0.494 e. The quantitative estimate of drug-likeness (QED) is 0.794. The Morgan fingerprint density at radius 1 is 1.04 bits per heavy atom. The van der Waals surface area contributed by atoms with Gasteiger partial charge in [0.1, 0.15) is 12.4 Å². The molecule has 1 fully saturated rings. The van der Waals surface area contributed by atoms with Crippen molar-refractivity contribution < 1.29 is 23.9 Å². The summed E-state index contributed by atoms with van der Waals surface area (Å²) in [7, 11) is -0.422. The maximum absolute atomic E-state index is 11.0. The van der Waals surface area contributed by atoms with E-state index in [1.165, 1.54) is 0 Å². The molecule has 2 aromatic carbocycles. The minimum atomic E-state index is -0.881. The smallest absolute Gasteiger partial charge is 0.489 e. The molecule has 3 rings (SSSR count). The van der Waals surface area contributed by atoms with Crippen LogP contribution >= 0.6 is 0 Å². The summed E-state index contributed by atoms with van der Waals surface area (Å²) in [6, 6.07) is 15.1. The van der Waals surface area contributed by atoms with Gasteiger partial charge >= 0.3 is 13.1 Å². The molecular formula is C21H25BO5. The first kappa shape index (κ1) is 19.5.